The van der Waals surface area contributed by atoms with Crippen molar-refractivity contribution < 1.29 is 19.6 Å². The highest BCUT2D eigenvalue weighted by Crippen LogP contribution is 2.28. The molecule has 1 aliphatic carbocycles. The molecule has 0 atom stereocenters. The summed E-state index contributed by atoms with van der Waals surface area (Å²) in [6.07, 6.45) is 1.31. The van der Waals surface area contributed by atoms with E-state index in [9.17, 15) is 24.5 Å². The molecule has 0 saturated heterocycles. The van der Waals surface area contributed by atoms with Crippen molar-refractivity contribution in [1.82, 2.24) is 14.7 Å². The number of amides is 1. The largest absolute Gasteiger partial charge is 0.480 e. The monoisotopic (exact) mass is 372 g/mol. The lowest BCUT2D eigenvalue weighted by atomic mass is 10.2. The Hall–Kier alpha value is -3.56. The molecule has 2 aromatic rings. The van der Waals surface area contributed by atoms with E-state index in [1.165, 1.54) is 25.1 Å². The predicted molar refractivity (Wildman–Crippen MR) is 92.9 cm³/mol. The normalized spacial score (nSPS) is 13.2. The molecule has 0 spiro atoms. The van der Waals surface area contributed by atoms with E-state index < -0.39 is 34.5 Å². The molecular weight excluding hydrogens is 356 g/mol. The number of para-hydroxylation sites is 2. The number of aryl methyl sites for hydroxylation is 1. The van der Waals surface area contributed by atoms with Crippen molar-refractivity contribution >= 4 is 17.6 Å². The highest BCUT2D eigenvalue weighted by atomic mass is 16.6. The van der Waals surface area contributed by atoms with Crippen LogP contribution in [0.2, 0.25) is 0 Å². The van der Waals surface area contributed by atoms with Crippen LogP contribution in [0.25, 0.3) is 5.69 Å². The first-order valence-corrected chi connectivity index (χ1v) is 8.17. The molecule has 0 aliphatic heterocycles. The van der Waals surface area contributed by atoms with Gasteiger partial charge in [-0.25, -0.2) is 4.68 Å². The van der Waals surface area contributed by atoms with E-state index in [2.05, 4.69) is 5.10 Å². The lowest BCUT2D eigenvalue weighted by Gasteiger charge is -2.20. The van der Waals surface area contributed by atoms with Gasteiger partial charge in [-0.1, -0.05) is 12.1 Å². The number of nitro benzene ring substituents is 1. The molecule has 1 N–H and O–H groups in total. The fraction of sp³-hybridized carbons (Fsp3) is 0.294. The number of hydrogen-bond acceptors (Lipinski definition) is 6. The van der Waals surface area contributed by atoms with E-state index >= 15 is 0 Å². The lowest BCUT2D eigenvalue weighted by Crippen LogP contribution is -2.40. The summed E-state index contributed by atoms with van der Waals surface area (Å²) in [7, 11) is 0. The van der Waals surface area contributed by atoms with Crippen molar-refractivity contribution in [2.45, 2.75) is 25.8 Å². The third-order valence-corrected chi connectivity index (χ3v) is 4.17. The third kappa shape index (κ3) is 3.68. The minimum atomic E-state index is -1.19. The van der Waals surface area contributed by atoms with Crippen LogP contribution in [0.1, 0.15) is 29.0 Å². The summed E-state index contributed by atoms with van der Waals surface area (Å²) < 4.78 is 1.15. The second kappa shape index (κ2) is 6.98. The quantitative estimate of drug-likeness (QED) is 0.593. The first-order chi connectivity index (χ1) is 12.8. The van der Waals surface area contributed by atoms with Crippen molar-refractivity contribution in [3.63, 3.8) is 0 Å². The van der Waals surface area contributed by atoms with Gasteiger partial charge in [0.05, 0.1) is 4.92 Å². The molecule has 0 radical (unpaired) electrons. The minimum Gasteiger partial charge on any atom is -0.480 e. The van der Waals surface area contributed by atoms with Gasteiger partial charge in [0.2, 0.25) is 5.43 Å². The number of nitrogens with zero attached hydrogens (tertiary/aromatic N) is 4. The number of aliphatic carboxylic acids is 1. The van der Waals surface area contributed by atoms with Crippen molar-refractivity contribution in [1.29, 1.82) is 0 Å². The summed E-state index contributed by atoms with van der Waals surface area (Å²) in [6.45, 7) is 0.999. The Balaban J connectivity index is 2.10. The molecule has 140 valence electrons. The van der Waals surface area contributed by atoms with Crippen LogP contribution >= 0.6 is 0 Å². The Kier molecular flexibility index (Phi) is 4.72. The van der Waals surface area contributed by atoms with Gasteiger partial charge in [-0.2, -0.15) is 5.10 Å². The SMILES string of the molecule is Cc1cc(=O)c(C(=O)N(CC(=O)O)C2CC2)nn1-c1ccccc1[N+](=O)[O-]. The van der Waals surface area contributed by atoms with Gasteiger partial charge < -0.3 is 10.0 Å². The molecule has 0 unspecified atom stereocenters. The van der Waals surface area contributed by atoms with E-state index in [0.29, 0.717) is 18.5 Å². The third-order valence-electron chi connectivity index (χ3n) is 4.17. The Labute approximate surface area is 152 Å². The zero-order chi connectivity index (χ0) is 19.7. The fourth-order valence-electron chi connectivity index (χ4n) is 2.77. The molecule has 1 amide bonds. The number of hydrogen-bond donors (Lipinski definition) is 1. The Morgan fingerprint density at radius 2 is 2.04 bits per heavy atom. The van der Waals surface area contributed by atoms with Gasteiger partial charge in [0.15, 0.2) is 5.69 Å². The molecule has 1 heterocycles. The van der Waals surface area contributed by atoms with Gasteiger partial charge >= 0.3 is 5.97 Å². The zero-order valence-corrected chi connectivity index (χ0v) is 14.4. The number of carbonyl (C=O) groups is 2. The number of nitro groups is 1. The maximum atomic E-state index is 12.7. The van der Waals surface area contributed by atoms with Crippen LogP contribution in [0, 0.1) is 17.0 Å². The van der Waals surface area contributed by atoms with Gasteiger partial charge in [0.25, 0.3) is 11.6 Å². The molecule has 10 heteroatoms. The number of rotatable bonds is 6. The molecule has 3 rings (SSSR count). The molecule has 1 saturated carbocycles. The van der Waals surface area contributed by atoms with Crippen LogP contribution in [0.5, 0.6) is 0 Å². The van der Waals surface area contributed by atoms with Gasteiger partial charge in [-0.15, -0.1) is 0 Å². The van der Waals surface area contributed by atoms with E-state index in [4.69, 9.17) is 5.11 Å². The van der Waals surface area contributed by atoms with Crippen molar-refractivity contribution in [3.05, 3.63) is 62.1 Å². The van der Waals surface area contributed by atoms with Gasteiger partial charge in [0.1, 0.15) is 12.2 Å². The summed E-state index contributed by atoms with van der Waals surface area (Å²) in [5.41, 5.74) is -0.956. The van der Waals surface area contributed by atoms with E-state index in [-0.39, 0.29) is 17.4 Å². The summed E-state index contributed by atoms with van der Waals surface area (Å²) in [5.74, 6) is -1.99. The topological polar surface area (TPSA) is 136 Å². The summed E-state index contributed by atoms with van der Waals surface area (Å²) in [6, 6.07) is 6.72. The molecule has 1 fully saturated rings. The summed E-state index contributed by atoms with van der Waals surface area (Å²) in [4.78, 5) is 47.9. The van der Waals surface area contributed by atoms with E-state index in [1.807, 2.05) is 0 Å². The molecular formula is C17H16N4O6. The Morgan fingerprint density at radius 3 is 2.63 bits per heavy atom. The standard InChI is InChI=1S/C17H16N4O6/c1-10-8-14(22)16(17(25)19(9-15(23)24)11-6-7-11)18-20(10)12-4-2-3-5-13(12)21(26)27/h2-5,8,11H,6-7,9H2,1H3,(H,23,24). The van der Waals surface area contributed by atoms with Crippen molar-refractivity contribution in [2.24, 2.45) is 0 Å². The van der Waals surface area contributed by atoms with Gasteiger partial charge in [-0.05, 0) is 25.8 Å². The van der Waals surface area contributed by atoms with Crippen LogP contribution in [-0.4, -0.2) is 49.2 Å². The van der Waals surface area contributed by atoms with E-state index in [1.54, 1.807) is 6.07 Å². The lowest BCUT2D eigenvalue weighted by molar-refractivity contribution is -0.384. The molecule has 1 aromatic carbocycles. The average molecular weight is 372 g/mol. The molecule has 1 aliphatic rings. The molecule has 10 nitrogen and oxygen atoms in total. The van der Waals surface area contributed by atoms with Crippen LogP contribution in [-0.2, 0) is 4.79 Å². The highest BCUT2D eigenvalue weighted by Gasteiger charge is 2.36. The first-order valence-electron chi connectivity index (χ1n) is 8.17. The van der Waals surface area contributed by atoms with Crippen molar-refractivity contribution in [3.8, 4) is 5.69 Å². The first kappa shape index (κ1) is 18.2. The number of carboxylic acid groups (broad SMARTS) is 1. The number of benzene rings is 1. The molecule has 1 aromatic heterocycles. The smallest absolute Gasteiger partial charge is 0.323 e. The Morgan fingerprint density at radius 1 is 1.37 bits per heavy atom. The fourth-order valence-corrected chi connectivity index (χ4v) is 2.77. The number of carboxylic acids is 1. The number of aromatic nitrogens is 2. The second-order valence-corrected chi connectivity index (χ2v) is 6.21. The van der Waals surface area contributed by atoms with Crippen LogP contribution in [0.15, 0.2) is 35.1 Å². The van der Waals surface area contributed by atoms with Crippen LogP contribution < -0.4 is 5.43 Å². The molecule has 0 bridgehead atoms. The minimum absolute atomic E-state index is 0.102. The Bertz CT molecular complexity index is 995. The summed E-state index contributed by atoms with van der Waals surface area (Å²) >= 11 is 0. The maximum Gasteiger partial charge on any atom is 0.323 e. The van der Waals surface area contributed by atoms with Gasteiger partial charge in [0, 0.05) is 23.9 Å². The van der Waals surface area contributed by atoms with Crippen LogP contribution in [0.4, 0.5) is 5.69 Å². The van der Waals surface area contributed by atoms with E-state index in [0.717, 1.165) is 15.6 Å². The second-order valence-electron chi connectivity index (χ2n) is 6.21. The van der Waals surface area contributed by atoms with Gasteiger partial charge in [-0.3, -0.25) is 24.5 Å². The maximum absolute atomic E-state index is 12.7. The average Bonchev–Trinajstić information content (AvgIpc) is 3.44. The predicted octanol–water partition coefficient (Wildman–Crippen LogP) is 1.14. The zero-order valence-electron chi connectivity index (χ0n) is 14.4. The molecule has 27 heavy (non-hydrogen) atoms. The van der Waals surface area contributed by atoms with Crippen LogP contribution in [0.3, 0.4) is 0 Å². The van der Waals surface area contributed by atoms with Crippen molar-refractivity contribution in [2.75, 3.05) is 6.54 Å². The summed E-state index contributed by atoms with van der Waals surface area (Å²) in [5, 5.41) is 24.3. The number of carbonyl (C=O) groups excluding carboxylic acids is 1. The highest BCUT2D eigenvalue weighted by molar-refractivity contribution is 5.94.